The predicted octanol–water partition coefficient (Wildman–Crippen LogP) is 2.33. The second kappa shape index (κ2) is 4.75. The van der Waals surface area contributed by atoms with Gasteiger partial charge < -0.3 is 0 Å². The summed E-state index contributed by atoms with van der Waals surface area (Å²) < 4.78 is 34.2. The molecular weight excluding hydrogens is 227 g/mol. The largest absolute Gasteiger partial charge is 0.232 e. The fourth-order valence-electron chi connectivity index (χ4n) is 1.14. The normalized spacial score (nSPS) is 11.6. The molecular formula is C9H10ClFO2S. The number of hydrogen-bond acceptors (Lipinski definition) is 2. The number of aryl methyl sites for hydroxylation is 1. The van der Waals surface area contributed by atoms with E-state index in [1.807, 2.05) is 0 Å². The van der Waals surface area contributed by atoms with Crippen molar-refractivity contribution < 1.29 is 12.8 Å². The predicted molar refractivity (Wildman–Crippen MR) is 54.4 cm³/mol. The molecule has 0 saturated heterocycles. The quantitative estimate of drug-likeness (QED) is 0.752. The first-order valence-corrected chi connectivity index (χ1v) is 6.62. The highest BCUT2D eigenvalue weighted by Crippen LogP contribution is 2.10. The fraction of sp³-hybridized carbons (Fsp3) is 0.333. The van der Waals surface area contributed by atoms with Crippen molar-refractivity contribution in [3.63, 3.8) is 0 Å². The van der Waals surface area contributed by atoms with Gasteiger partial charge in [-0.15, -0.1) is 0 Å². The van der Waals surface area contributed by atoms with E-state index in [1.165, 1.54) is 6.07 Å². The molecule has 1 aromatic carbocycles. The van der Waals surface area contributed by atoms with Crippen LogP contribution in [0.15, 0.2) is 24.3 Å². The van der Waals surface area contributed by atoms with E-state index in [4.69, 9.17) is 10.7 Å². The monoisotopic (exact) mass is 236 g/mol. The van der Waals surface area contributed by atoms with Crippen LogP contribution in [0.25, 0.3) is 0 Å². The molecule has 0 unspecified atom stereocenters. The summed E-state index contributed by atoms with van der Waals surface area (Å²) >= 11 is 0. The van der Waals surface area contributed by atoms with Crippen molar-refractivity contribution in [2.24, 2.45) is 0 Å². The van der Waals surface area contributed by atoms with Crippen LogP contribution in [-0.2, 0) is 15.5 Å². The van der Waals surface area contributed by atoms with Crippen LogP contribution in [0.3, 0.4) is 0 Å². The van der Waals surface area contributed by atoms with Crippen molar-refractivity contribution in [2.45, 2.75) is 12.8 Å². The lowest BCUT2D eigenvalue weighted by atomic mass is 10.1. The maximum atomic E-state index is 13.0. The Morgan fingerprint density at radius 3 is 2.50 bits per heavy atom. The van der Waals surface area contributed by atoms with Crippen LogP contribution >= 0.6 is 10.7 Å². The van der Waals surface area contributed by atoms with E-state index in [0.717, 1.165) is 0 Å². The number of benzene rings is 1. The lowest BCUT2D eigenvalue weighted by Crippen LogP contribution is -2.00. The van der Waals surface area contributed by atoms with Gasteiger partial charge in [0.1, 0.15) is 5.82 Å². The van der Waals surface area contributed by atoms with Crippen LogP contribution in [0, 0.1) is 5.82 Å². The molecule has 78 valence electrons. The van der Waals surface area contributed by atoms with Gasteiger partial charge >= 0.3 is 0 Å². The Balaban J connectivity index is 2.51. The van der Waals surface area contributed by atoms with Gasteiger partial charge in [-0.2, -0.15) is 0 Å². The Morgan fingerprint density at radius 2 is 1.93 bits per heavy atom. The minimum absolute atomic E-state index is 0.122. The molecule has 0 bridgehead atoms. The first-order valence-electron chi connectivity index (χ1n) is 4.15. The zero-order valence-electron chi connectivity index (χ0n) is 7.41. The molecule has 14 heavy (non-hydrogen) atoms. The van der Waals surface area contributed by atoms with Crippen LogP contribution in [0.5, 0.6) is 0 Å². The molecule has 0 aromatic heterocycles. The van der Waals surface area contributed by atoms with Crippen molar-refractivity contribution in [1.82, 2.24) is 0 Å². The Morgan fingerprint density at radius 1 is 1.29 bits per heavy atom. The summed E-state index contributed by atoms with van der Waals surface area (Å²) in [5.74, 6) is -0.428. The molecule has 0 aliphatic heterocycles. The molecule has 2 nitrogen and oxygen atoms in total. The standard InChI is InChI=1S/C9H10ClFO2S/c10-14(12,13)7-3-5-8-4-1-2-6-9(8)11/h1-2,4,6H,3,5,7H2. The lowest BCUT2D eigenvalue weighted by Gasteiger charge is -2.00. The summed E-state index contributed by atoms with van der Waals surface area (Å²) in [4.78, 5) is 0. The maximum Gasteiger partial charge on any atom is 0.232 e. The second-order valence-electron chi connectivity index (χ2n) is 2.94. The number of rotatable bonds is 4. The highest BCUT2D eigenvalue weighted by Gasteiger charge is 2.06. The summed E-state index contributed by atoms with van der Waals surface area (Å²) in [5, 5.41) is 0. The van der Waals surface area contributed by atoms with Crippen LogP contribution in [0.4, 0.5) is 4.39 Å². The molecule has 1 rings (SSSR count). The van der Waals surface area contributed by atoms with Crippen LogP contribution in [0.2, 0.25) is 0 Å². The van der Waals surface area contributed by atoms with E-state index in [1.54, 1.807) is 18.2 Å². The molecule has 0 aliphatic carbocycles. The van der Waals surface area contributed by atoms with Crippen molar-refractivity contribution in [3.8, 4) is 0 Å². The molecule has 0 N–H and O–H groups in total. The summed E-state index contributed by atoms with van der Waals surface area (Å²) in [6.07, 6.45) is 0.728. The van der Waals surface area contributed by atoms with Gasteiger partial charge in [0, 0.05) is 10.7 Å². The summed E-state index contributed by atoms with van der Waals surface area (Å²) in [6.45, 7) is 0. The third-order valence-corrected chi connectivity index (χ3v) is 3.03. The zero-order chi connectivity index (χ0) is 10.6. The minimum atomic E-state index is -3.46. The minimum Gasteiger partial charge on any atom is -0.212 e. The summed E-state index contributed by atoms with van der Waals surface area (Å²) in [6, 6.07) is 6.30. The molecule has 5 heteroatoms. The first kappa shape index (κ1) is 11.5. The third kappa shape index (κ3) is 4.07. The molecule has 0 radical (unpaired) electrons. The van der Waals surface area contributed by atoms with E-state index in [0.29, 0.717) is 18.4 Å². The Kier molecular flexibility index (Phi) is 3.89. The second-order valence-corrected chi connectivity index (χ2v) is 5.83. The first-order chi connectivity index (χ1) is 6.49. The molecule has 0 spiro atoms. The number of halogens is 2. The Hall–Kier alpha value is -0.610. The molecule has 1 aromatic rings. The van der Waals surface area contributed by atoms with Gasteiger partial charge in [0.05, 0.1) is 5.75 Å². The zero-order valence-corrected chi connectivity index (χ0v) is 8.98. The van der Waals surface area contributed by atoms with E-state index in [9.17, 15) is 12.8 Å². The smallest absolute Gasteiger partial charge is 0.212 e. The van der Waals surface area contributed by atoms with Gasteiger partial charge in [-0.05, 0) is 24.5 Å². The molecule has 0 saturated carbocycles. The van der Waals surface area contributed by atoms with E-state index >= 15 is 0 Å². The topological polar surface area (TPSA) is 34.1 Å². The maximum absolute atomic E-state index is 13.0. The van der Waals surface area contributed by atoms with Gasteiger partial charge in [-0.1, -0.05) is 18.2 Å². The molecule has 0 aliphatic rings. The van der Waals surface area contributed by atoms with Crippen LogP contribution in [0.1, 0.15) is 12.0 Å². The van der Waals surface area contributed by atoms with Crippen LogP contribution in [-0.4, -0.2) is 14.2 Å². The molecule has 0 atom stereocenters. The summed E-state index contributed by atoms with van der Waals surface area (Å²) in [5.41, 5.74) is 0.521. The van der Waals surface area contributed by atoms with Gasteiger partial charge in [-0.3, -0.25) is 0 Å². The van der Waals surface area contributed by atoms with Crippen molar-refractivity contribution in [2.75, 3.05) is 5.75 Å². The van der Waals surface area contributed by atoms with E-state index < -0.39 is 9.05 Å². The molecule has 0 amide bonds. The fourth-order valence-corrected chi connectivity index (χ4v) is 1.95. The Labute approximate surface area is 87.1 Å². The van der Waals surface area contributed by atoms with Gasteiger partial charge in [0.25, 0.3) is 0 Å². The van der Waals surface area contributed by atoms with Gasteiger partial charge in [0.2, 0.25) is 9.05 Å². The summed E-state index contributed by atoms with van der Waals surface area (Å²) in [7, 11) is 1.56. The van der Waals surface area contributed by atoms with Crippen molar-refractivity contribution in [1.29, 1.82) is 0 Å². The lowest BCUT2D eigenvalue weighted by molar-refractivity contribution is 0.598. The Bertz CT molecular complexity index is 403. The van der Waals surface area contributed by atoms with Crippen LogP contribution < -0.4 is 0 Å². The number of hydrogen-bond donors (Lipinski definition) is 0. The average Bonchev–Trinajstić information content (AvgIpc) is 2.06. The molecule has 0 heterocycles. The van der Waals surface area contributed by atoms with Gasteiger partial charge in [0.15, 0.2) is 0 Å². The highest BCUT2D eigenvalue weighted by molar-refractivity contribution is 8.13. The SMILES string of the molecule is O=S(=O)(Cl)CCCc1ccccc1F. The highest BCUT2D eigenvalue weighted by atomic mass is 35.7. The van der Waals surface area contributed by atoms with Crippen molar-refractivity contribution >= 4 is 19.7 Å². The van der Waals surface area contributed by atoms with E-state index in [2.05, 4.69) is 0 Å². The average molecular weight is 237 g/mol. The van der Waals surface area contributed by atoms with Gasteiger partial charge in [-0.25, -0.2) is 12.8 Å². The van der Waals surface area contributed by atoms with E-state index in [-0.39, 0.29) is 11.6 Å². The third-order valence-electron chi connectivity index (χ3n) is 1.79. The molecule has 0 fully saturated rings. The van der Waals surface area contributed by atoms with Crippen molar-refractivity contribution in [3.05, 3.63) is 35.6 Å².